The molecule has 0 aromatic carbocycles. The predicted octanol–water partition coefficient (Wildman–Crippen LogP) is 3.14. The van der Waals surface area contributed by atoms with Crippen LogP contribution in [0.5, 0.6) is 0 Å². The van der Waals surface area contributed by atoms with Gasteiger partial charge in [-0.05, 0) is 54.8 Å². The van der Waals surface area contributed by atoms with Crippen LogP contribution in [0, 0.1) is 22.7 Å². The van der Waals surface area contributed by atoms with E-state index < -0.39 is 0 Å². The van der Waals surface area contributed by atoms with Gasteiger partial charge in [0.05, 0.1) is 0 Å². The van der Waals surface area contributed by atoms with Crippen LogP contribution in [0.4, 0.5) is 0 Å². The lowest BCUT2D eigenvalue weighted by atomic mass is 9.47. The Morgan fingerprint density at radius 2 is 2.00 bits per heavy atom. The molecule has 2 heteroatoms. The smallest absolute Gasteiger partial charge is 0.0487 e. The molecule has 0 spiro atoms. The molecule has 0 aromatic heterocycles. The Morgan fingerprint density at radius 1 is 1.28 bits per heavy atom. The maximum absolute atomic E-state index is 9.81. The zero-order valence-corrected chi connectivity index (χ0v) is 11.9. The minimum absolute atomic E-state index is 0.0708. The molecule has 0 heterocycles. The van der Waals surface area contributed by atoms with Crippen molar-refractivity contribution in [3.8, 4) is 0 Å². The fourth-order valence-corrected chi connectivity index (χ4v) is 4.94. The first kappa shape index (κ1) is 14.1. The lowest BCUT2D eigenvalue weighted by Crippen LogP contribution is -2.51. The molecule has 2 fully saturated rings. The molecular weight excluding hydrogens is 224 g/mol. The van der Waals surface area contributed by atoms with E-state index in [1.165, 1.54) is 18.4 Å². The highest BCUT2D eigenvalue weighted by Crippen LogP contribution is 2.61. The Hall–Kier alpha value is -0.340. The summed E-state index contributed by atoms with van der Waals surface area (Å²) in [6, 6.07) is 0. The van der Waals surface area contributed by atoms with Crippen LogP contribution in [-0.4, -0.2) is 23.4 Å². The molecule has 0 unspecified atom stereocenters. The maximum atomic E-state index is 9.81. The van der Waals surface area contributed by atoms with Gasteiger partial charge in [-0.15, -0.1) is 0 Å². The van der Waals surface area contributed by atoms with Crippen molar-refractivity contribution in [3.63, 3.8) is 0 Å². The van der Waals surface area contributed by atoms with Gasteiger partial charge in [0, 0.05) is 13.2 Å². The van der Waals surface area contributed by atoms with Crippen LogP contribution < -0.4 is 0 Å². The fourth-order valence-electron chi connectivity index (χ4n) is 4.94. The summed E-state index contributed by atoms with van der Waals surface area (Å²) in [6.07, 6.45) is 6.63. The first-order chi connectivity index (χ1) is 8.48. The van der Waals surface area contributed by atoms with Gasteiger partial charge < -0.3 is 10.2 Å². The summed E-state index contributed by atoms with van der Waals surface area (Å²) in [5.41, 5.74) is 1.62. The van der Waals surface area contributed by atoms with E-state index in [2.05, 4.69) is 20.4 Å². The molecule has 0 aromatic rings. The summed E-state index contributed by atoms with van der Waals surface area (Å²) in [4.78, 5) is 0. The van der Waals surface area contributed by atoms with Crippen molar-refractivity contribution in [1.29, 1.82) is 0 Å². The number of hydrogen-bond acceptors (Lipinski definition) is 2. The monoisotopic (exact) mass is 252 g/mol. The molecule has 0 amide bonds. The second kappa shape index (κ2) is 4.97. The summed E-state index contributed by atoms with van der Waals surface area (Å²) >= 11 is 0. The summed E-state index contributed by atoms with van der Waals surface area (Å²) in [5.74, 6) is 1.01. The van der Waals surface area contributed by atoms with Gasteiger partial charge in [-0.1, -0.05) is 32.4 Å². The molecule has 2 saturated carbocycles. The van der Waals surface area contributed by atoms with Crippen molar-refractivity contribution in [1.82, 2.24) is 0 Å². The number of rotatable bonds is 3. The van der Waals surface area contributed by atoms with Gasteiger partial charge >= 0.3 is 0 Å². The third-order valence-electron chi connectivity index (χ3n) is 5.92. The minimum atomic E-state index is 0.0708. The normalized spacial score (nSPS) is 44.8. The largest absolute Gasteiger partial charge is 0.396 e. The quantitative estimate of drug-likeness (QED) is 0.758. The molecule has 2 aliphatic rings. The second-order valence-corrected chi connectivity index (χ2v) is 6.99. The fraction of sp³-hybridized carbons (Fsp3) is 0.875. The zero-order chi connectivity index (χ0) is 13.4. The Balaban J connectivity index is 2.32. The van der Waals surface area contributed by atoms with E-state index in [0.717, 1.165) is 25.7 Å². The van der Waals surface area contributed by atoms with Gasteiger partial charge in [0.15, 0.2) is 0 Å². The molecule has 2 nitrogen and oxygen atoms in total. The maximum Gasteiger partial charge on any atom is 0.0487 e. The van der Waals surface area contributed by atoms with E-state index in [-0.39, 0.29) is 17.4 Å². The molecule has 0 radical (unpaired) electrons. The SMILES string of the molecule is C=C1CC[C@H]2[C@@](C)(CO)CCC[C@]2(C)[C@H]1CCO. The molecule has 4 atom stereocenters. The lowest BCUT2D eigenvalue weighted by molar-refractivity contribution is -0.0879. The average Bonchev–Trinajstić information content (AvgIpc) is 2.34. The molecule has 18 heavy (non-hydrogen) atoms. The van der Waals surface area contributed by atoms with E-state index >= 15 is 0 Å². The molecule has 2 rings (SSSR count). The summed E-state index contributed by atoms with van der Waals surface area (Å²) in [6.45, 7) is 9.42. The van der Waals surface area contributed by atoms with Crippen molar-refractivity contribution >= 4 is 0 Å². The molecule has 2 aliphatic carbocycles. The third kappa shape index (κ3) is 2.04. The topological polar surface area (TPSA) is 40.5 Å². The van der Waals surface area contributed by atoms with Crippen LogP contribution in [0.15, 0.2) is 12.2 Å². The highest BCUT2D eigenvalue weighted by Gasteiger charge is 2.53. The van der Waals surface area contributed by atoms with Gasteiger partial charge in [0.1, 0.15) is 0 Å². The second-order valence-electron chi connectivity index (χ2n) is 6.99. The van der Waals surface area contributed by atoms with Gasteiger partial charge in [-0.3, -0.25) is 0 Å². The number of hydrogen-bond donors (Lipinski definition) is 2. The molecule has 0 saturated heterocycles. The van der Waals surface area contributed by atoms with Crippen LogP contribution in [0.2, 0.25) is 0 Å². The van der Waals surface area contributed by atoms with E-state index in [1.807, 2.05) is 0 Å². The summed E-state index contributed by atoms with van der Waals surface area (Å²) in [7, 11) is 0. The average molecular weight is 252 g/mol. The number of aliphatic hydroxyl groups is 2. The van der Waals surface area contributed by atoms with Gasteiger partial charge in [0.25, 0.3) is 0 Å². The highest BCUT2D eigenvalue weighted by molar-refractivity contribution is 5.16. The van der Waals surface area contributed by atoms with Crippen LogP contribution in [0.3, 0.4) is 0 Å². The van der Waals surface area contributed by atoms with Crippen LogP contribution in [0.1, 0.15) is 52.4 Å². The van der Waals surface area contributed by atoms with Crippen LogP contribution in [0.25, 0.3) is 0 Å². The Kier molecular flexibility index (Phi) is 3.89. The van der Waals surface area contributed by atoms with Gasteiger partial charge in [-0.25, -0.2) is 0 Å². The van der Waals surface area contributed by atoms with Gasteiger partial charge in [0.2, 0.25) is 0 Å². The highest BCUT2D eigenvalue weighted by atomic mass is 16.3. The van der Waals surface area contributed by atoms with E-state index in [4.69, 9.17) is 0 Å². The van der Waals surface area contributed by atoms with E-state index in [1.54, 1.807) is 0 Å². The van der Waals surface area contributed by atoms with E-state index in [0.29, 0.717) is 18.4 Å². The lowest BCUT2D eigenvalue weighted by Gasteiger charge is -2.58. The summed E-state index contributed by atoms with van der Waals surface area (Å²) < 4.78 is 0. The first-order valence-electron chi connectivity index (χ1n) is 7.37. The molecule has 2 N–H and O–H groups in total. The van der Waals surface area contributed by atoms with Crippen molar-refractivity contribution in [2.24, 2.45) is 22.7 Å². The van der Waals surface area contributed by atoms with Crippen molar-refractivity contribution in [3.05, 3.63) is 12.2 Å². The Morgan fingerprint density at radius 3 is 2.61 bits per heavy atom. The number of aliphatic hydroxyl groups excluding tert-OH is 2. The van der Waals surface area contributed by atoms with Gasteiger partial charge in [-0.2, -0.15) is 0 Å². The van der Waals surface area contributed by atoms with Crippen molar-refractivity contribution in [2.45, 2.75) is 52.4 Å². The molecule has 0 aliphatic heterocycles. The summed E-state index contributed by atoms with van der Waals surface area (Å²) in [5, 5.41) is 19.2. The Bertz CT molecular complexity index is 325. The number of fused-ring (bicyclic) bond motifs is 1. The van der Waals surface area contributed by atoms with Crippen molar-refractivity contribution < 1.29 is 10.2 Å². The molecule has 0 bridgehead atoms. The predicted molar refractivity (Wildman–Crippen MR) is 74.2 cm³/mol. The third-order valence-corrected chi connectivity index (χ3v) is 5.92. The standard InChI is InChI=1S/C16H28O2/c1-12-5-6-14-15(2,11-18)8-4-9-16(14,3)13(12)7-10-17/h13-14,17-18H,1,4-11H2,2-3H3/t13-,14-,15+,16+/m0/s1. The van der Waals surface area contributed by atoms with Crippen LogP contribution in [-0.2, 0) is 0 Å². The molecular formula is C16H28O2. The van der Waals surface area contributed by atoms with Crippen LogP contribution >= 0.6 is 0 Å². The molecule has 104 valence electrons. The van der Waals surface area contributed by atoms with Crippen molar-refractivity contribution in [2.75, 3.05) is 13.2 Å². The first-order valence-corrected chi connectivity index (χ1v) is 7.37. The zero-order valence-electron chi connectivity index (χ0n) is 11.9. The van der Waals surface area contributed by atoms with E-state index in [9.17, 15) is 10.2 Å². The minimum Gasteiger partial charge on any atom is -0.396 e. The number of allylic oxidation sites excluding steroid dienone is 1. The Labute approximate surface area is 111 Å².